The molecule has 10 heteroatoms. The zero-order valence-electron chi connectivity index (χ0n) is 15.1. The lowest BCUT2D eigenvalue weighted by molar-refractivity contribution is -0.149. The average Bonchev–Trinajstić information content (AvgIpc) is 3.22. The van der Waals surface area contributed by atoms with E-state index in [2.05, 4.69) is 14.8 Å². The second-order valence-corrected chi connectivity index (χ2v) is 8.00. The summed E-state index contributed by atoms with van der Waals surface area (Å²) in [5.74, 6) is -0.143. The topological polar surface area (TPSA) is 106 Å². The Kier molecular flexibility index (Phi) is 6.19. The number of hydrogen-bond acceptors (Lipinski definition) is 6. The SMILES string of the molecule is CCOC(=O)[C@@H]1CCCN(S(=O)(=O)NCc2ccnc(-n3cccn3)c2)C1. The summed E-state index contributed by atoms with van der Waals surface area (Å²) in [6.07, 6.45) is 6.29. The van der Waals surface area contributed by atoms with Gasteiger partial charge in [0.1, 0.15) is 0 Å². The minimum absolute atomic E-state index is 0.125. The first-order valence-corrected chi connectivity index (χ1v) is 10.3. The van der Waals surface area contributed by atoms with E-state index in [4.69, 9.17) is 4.74 Å². The van der Waals surface area contributed by atoms with Gasteiger partial charge in [-0.15, -0.1) is 0 Å². The molecular formula is C17H23N5O4S. The molecule has 1 saturated heterocycles. The van der Waals surface area contributed by atoms with Gasteiger partial charge in [-0.1, -0.05) is 0 Å². The van der Waals surface area contributed by atoms with Gasteiger partial charge in [-0.3, -0.25) is 4.79 Å². The lowest BCUT2D eigenvalue weighted by Gasteiger charge is -2.30. The molecule has 0 saturated carbocycles. The van der Waals surface area contributed by atoms with Gasteiger partial charge in [-0.05, 0) is 43.5 Å². The molecule has 0 amide bonds. The van der Waals surface area contributed by atoms with Crippen molar-refractivity contribution >= 4 is 16.2 Å². The number of piperidine rings is 1. The van der Waals surface area contributed by atoms with Crippen molar-refractivity contribution in [1.82, 2.24) is 23.8 Å². The molecule has 0 aromatic carbocycles. The number of aromatic nitrogens is 3. The van der Waals surface area contributed by atoms with E-state index < -0.39 is 16.1 Å². The summed E-state index contributed by atoms with van der Waals surface area (Å²) in [5.41, 5.74) is 0.762. The summed E-state index contributed by atoms with van der Waals surface area (Å²) in [6.45, 7) is 2.69. The van der Waals surface area contributed by atoms with Crippen molar-refractivity contribution in [1.29, 1.82) is 0 Å². The number of carbonyl (C=O) groups excluding carboxylic acids is 1. The van der Waals surface area contributed by atoms with Gasteiger partial charge in [0.15, 0.2) is 5.82 Å². The van der Waals surface area contributed by atoms with E-state index in [0.717, 1.165) is 5.56 Å². The van der Waals surface area contributed by atoms with E-state index in [1.807, 2.05) is 0 Å². The highest BCUT2D eigenvalue weighted by atomic mass is 32.2. The van der Waals surface area contributed by atoms with Crippen LogP contribution in [0.1, 0.15) is 25.3 Å². The van der Waals surface area contributed by atoms with Gasteiger partial charge >= 0.3 is 5.97 Å². The summed E-state index contributed by atoms with van der Waals surface area (Å²) in [7, 11) is -3.70. The zero-order valence-corrected chi connectivity index (χ0v) is 15.9. The van der Waals surface area contributed by atoms with Gasteiger partial charge in [-0.2, -0.15) is 22.5 Å². The fraction of sp³-hybridized carbons (Fsp3) is 0.471. The van der Waals surface area contributed by atoms with Gasteiger partial charge in [-0.25, -0.2) is 9.67 Å². The average molecular weight is 393 g/mol. The van der Waals surface area contributed by atoms with Gasteiger partial charge < -0.3 is 4.74 Å². The molecule has 3 heterocycles. The Labute approximate surface area is 158 Å². The molecule has 0 radical (unpaired) electrons. The fourth-order valence-electron chi connectivity index (χ4n) is 2.98. The monoisotopic (exact) mass is 393 g/mol. The molecule has 1 aliphatic rings. The maximum atomic E-state index is 12.6. The number of rotatable bonds is 7. The molecule has 2 aromatic rings. The lowest BCUT2D eigenvalue weighted by Crippen LogP contribution is -2.47. The number of carbonyl (C=O) groups is 1. The van der Waals surface area contributed by atoms with Crippen molar-refractivity contribution in [2.75, 3.05) is 19.7 Å². The summed E-state index contributed by atoms with van der Waals surface area (Å²) in [4.78, 5) is 16.1. The molecule has 0 unspecified atom stereocenters. The zero-order chi connectivity index (χ0) is 19.3. The molecule has 27 heavy (non-hydrogen) atoms. The van der Waals surface area contributed by atoms with Crippen LogP contribution >= 0.6 is 0 Å². The van der Waals surface area contributed by atoms with Crippen LogP contribution in [0.3, 0.4) is 0 Å². The van der Waals surface area contributed by atoms with E-state index >= 15 is 0 Å². The highest BCUT2D eigenvalue weighted by molar-refractivity contribution is 7.87. The van der Waals surface area contributed by atoms with Crippen molar-refractivity contribution < 1.29 is 17.9 Å². The van der Waals surface area contributed by atoms with Crippen LogP contribution in [0.4, 0.5) is 0 Å². The van der Waals surface area contributed by atoms with E-state index in [9.17, 15) is 13.2 Å². The molecule has 1 N–H and O–H groups in total. The summed E-state index contributed by atoms with van der Waals surface area (Å²) in [6, 6.07) is 5.30. The van der Waals surface area contributed by atoms with Crippen molar-refractivity contribution in [3.63, 3.8) is 0 Å². The second-order valence-electron chi connectivity index (χ2n) is 6.25. The van der Waals surface area contributed by atoms with E-state index in [-0.39, 0.29) is 19.1 Å². The minimum atomic E-state index is -3.70. The third-order valence-corrected chi connectivity index (χ3v) is 5.87. The number of nitrogens with one attached hydrogen (secondary N) is 1. The lowest BCUT2D eigenvalue weighted by atomic mass is 10.0. The van der Waals surface area contributed by atoms with Crippen LogP contribution in [0.5, 0.6) is 0 Å². The van der Waals surface area contributed by atoms with Crippen LogP contribution in [0.15, 0.2) is 36.8 Å². The van der Waals surface area contributed by atoms with Crippen molar-refractivity contribution in [3.05, 3.63) is 42.4 Å². The maximum Gasteiger partial charge on any atom is 0.310 e. The molecule has 0 bridgehead atoms. The first-order valence-electron chi connectivity index (χ1n) is 8.86. The molecular weight excluding hydrogens is 370 g/mol. The third-order valence-electron chi connectivity index (χ3n) is 4.35. The quantitative estimate of drug-likeness (QED) is 0.700. The van der Waals surface area contributed by atoms with Crippen LogP contribution in [0, 0.1) is 5.92 Å². The van der Waals surface area contributed by atoms with Crippen molar-refractivity contribution in [2.45, 2.75) is 26.3 Å². The number of ether oxygens (including phenoxy) is 1. The van der Waals surface area contributed by atoms with Crippen LogP contribution < -0.4 is 4.72 Å². The summed E-state index contributed by atoms with van der Waals surface area (Å²) < 4.78 is 35.8. The normalized spacial score (nSPS) is 18.3. The molecule has 0 spiro atoms. The van der Waals surface area contributed by atoms with E-state index in [1.54, 1.807) is 48.4 Å². The number of hydrogen-bond donors (Lipinski definition) is 1. The molecule has 1 aliphatic heterocycles. The molecule has 9 nitrogen and oxygen atoms in total. The summed E-state index contributed by atoms with van der Waals surface area (Å²) >= 11 is 0. The smallest absolute Gasteiger partial charge is 0.310 e. The van der Waals surface area contributed by atoms with Crippen LogP contribution in [0.25, 0.3) is 5.82 Å². The van der Waals surface area contributed by atoms with Gasteiger partial charge in [0.25, 0.3) is 10.2 Å². The molecule has 3 rings (SSSR count). The highest BCUT2D eigenvalue weighted by Crippen LogP contribution is 2.20. The first-order chi connectivity index (χ1) is 13.0. The van der Waals surface area contributed by atoms with Gasteiger partial charge in [0.2, 0.25) is 0 Å². The van der Waals surface area contributed by atoms with Crippen LogP contribution in [-0.4, -0.2) is 53.2 Å². The second kappa shape index (κ2) is 8.59. The Morgan fingerprint density at radius 3 is 3.00 bits per heavy atom. The van der Waals surface area contributed by atoms with E-state index in [0.29, 0.717) is 31.8 Å². The standard InChI is InChI=1S/C17H23N5O4S/c1-2-26-17(23)15-5-3-9-21(13-15)27(24,25)20-12-14-6-8-18-16(11-14)22-10-4-7-19-22/h4,6-8,10-11,15,20H,2-3,5,9,12-13H2,1H3/t15-/m1/s1. The Morgan fingerprint density at radius 1 is 1.41 bits per heavy atom. The highest BCUT2D eigenvalue weighted by Gasteiger charge is 2.32. The van der Waals surface area contributed by atoms with Crippen LogP contribution in [0.2, 0.25) is 0 Å². The largest absolute Gasteiger partial charge is 0.466 e. The van der Waals surface area contributed by atoms with Crippen molar-refractivity contribution in [3.8, 4) is 5.82 Å². The number of pyridine rings is 1. The molecule has 0 aliphatic carbocycles. The fourth-order valence-corrected chi connectivity index (χ4v) is 4.26. The van der Waals surface area contributed by atoms with Crippen molar-refractivity contribution in [2.24, 2.45) is 5.92 Å². The minimum Gasteiger partial charge on any atom is -0.466 e. The first kappa shape index (κ1) is 19.5. The van der Waals surface area contributed by atoms with E-state index in [1.165, 1.54) is 4.31 Å². The molecule has 2 aromatic heterocycles. The van der Waals surface area contributed by atoms with Gasteiger partial charge in [0.05, 0.1) is 12.5 Å². The number of esters is 1. The Hall–Kier alpha value is -2.30. The predicted molar refractivity (Wildman–Crippen MR) is 98.0 cm³/mol. The summed E-state index contributed by atoms with van der Waals surface area (Å²) in [5, 5.41) is 4.11. The molecule has 1 fully saturated rings. The third kappa shape index (κ3) is 4.90. The Bertz CT molecular complexity index is 869. The van der Waals surface area contributed by atoms with Gasteiger partial charge in [0, 0.05) is 38.2 Å². The number of nitrogens with zero attached hydrogens (tertiary/aromatic N) is 4. The maximum absolute atomic E-state index is 12.6. The van der Waals surface area contributed by atoms with Crippen LogP contribution in [-0.2, 0) is 26.3 Å². The molecule has 1 atom stereocenters. The Morgan fingerprint density at radius 2 is 2.26 bits per heavy atom. The molecule has 146 valence electrons. The predicted octanol–water partition coefficient (Wildman–Crippen LogP) is 0.877. The Balaban J connectivity index is 1.63.